The third kappa shape index (κ3) is 8.78. The van der Waals surface area contributed by atoms with Gasteiger partial charge in [0.2, 0.25) is 0 Å². The maximum absolute atomic E-state index is 14.7. The van der Waals surface area contributed by atoms with Crippen molar-refractivity contribution in [2.45, 2.75) is 18.5 Å². The van der Waals surface area contributed by atoms with Gasteiger partial charge in [-0.25, -0.2) is 4.98 Å². The van der Waals surface area contributed by atoms with Crippen LogP contribution in [0.3, 0.4) is 0 Å². The Bertz CT molecular complexity index is 5360. The molecule has 87 heavy (non-hydrogen) atoms. The number of fused-ring (bicyclic) bond motifs is 24. The molecule has 5 nitrogen and oxygen atoms in total. The van der Waals surface area contributed by atoms with E-state index < -0.39 is 35.2 Å². The summed E-state index contributed by atoms with van der Waals surface area (Å²) < 4.78 is 132. The van der Waals surface area contributed by atoms with E-state index in [0.29, 0.717) is 88.5 Å². The van der Waals surface area contributed by atoms with Crippen molar-refractivity contribution < 1.29 is 60.6 Å². The summed E-state index contributed by atoms with van der Waals surface area (Å²) in [6, 6.07) is 60.5. The van der Waals surface area contributed by atoms with Crippen molar-refractivity contribution in [1.29, 1.82) is 0 Å². The molecule has 0 aliphatic carbocycles. The number of benzene rings is 11. The van der Waals surface area contributed by atoms with Crippen LogP contribution in [0.2, 0.25) is 0 Å². The van der Waals surface area contributed by atoms with Crippen LogP contribution >= 0.6 is 0 Å². The number of nitrogens with zero attached hydrogens (tertiary/aromatic N) is 5. The van der Waals surface area contributed by atoms with Crippen molar-refractivity contribution in [3.05, 3.63) is 235 Å². The molecule has 0 atom stereocenters. The van der Waals surface area contributed by atoms with Crippen molar-refractivity contribution in [1.82, 2.24) is 24.9 Å². The van der Waals surface area contributed by atoms with E-state index in [2.05, 4.69) is 0 Å². The molecule has 3 aromatic heterocycles. The molecule has 15 heteroatoms. The third-order valence-corrected chi connectivity index (χ3v) is 16.6. The molecule has 5 heterocycles. The van der Waals surface area contributed by atoms with E-state index in [9.17, 15) is 39.5 Å². The minimum absolute atomic E-state index is 0. The van der Waals surface area contributed by atoms with Crippen LogP contribution in [0.1, 0.15) is 16.7 Å². The maximum Gasteiger partial charge on any atom is 2.00 e. The van der Waals surface area contributed by atoms with Gasteiger partial charge in [-0.05, 0) is 189 Å². The van der Waals surface area contributed by atoms with Crippen molar-refractivity contribution in [3.63, 3.8) is 0 Å². The monoisotopic (exact) mass is 1340 g/mol. The average Bonchev–Trinajstić information content (AvgIpc) is 1.65. The van der Waals surface area contributed by atoms with Crippen molar-refractivity contribution in [2.24, 2.45) is 0 Å². The molecule has 8 bridgehead atoms. The number of hydrogen-bond donors (Lipinski definition) is 0. The number of aromatic nitrogens is 5. The molecule has 16 rings (SSSR count). The second kappa shape index (κ2) is 19.6. The second-order valence-corrected chi connectivity index (χ2v) is 21.6. The van der Waals surface area contributed by atoms with Gasteiger partial charge in [-0.3, -0.25) is 4.98 Å². The molecule has 0 unspecified atom stereocenters. The Labute approximate surface area is 501 Å². The zero-order valence-corrected chi connectivity index (χ0v) is 47.0. The summed E-state index contributed by atoms with van der Waals surface area (Å²) >= 11 is 0. The molecule has 2 aliphatic heterocycles. The quantitative estimate of drug-likeness (QED) is 0.165. The first-order valence-corrected chi connectivity index (χ1v) is 27.3. The summed E-state index contributed by atoms with van der Waals surface area (Å²) in [5.41, 5.74) is 3.36. The first-order chi connectivity index (χ1) is 41.5. The molecule has 0 amide bonds. The van der Waals surface area contributed by atoms with E-state index in [1.807, 2.05) is 146 Å². The molecular formula is C72H36F9N5Pt. The molecule has 0 N–H and O–H groups in total. The Morgan fingerprint density at radius 3 is 0.897 bits per heavy atom. The van der Waals surface area contributed by atoms with E-state index in [1.165, 1.54) is 36.4 Å². The fourth-order valence-electron chi connectivity index (χ4n) is 12.5. The Kier molecular flexibility index (Phi) is 12.1. The molecule has 11 aromatic carbocycles. The summed E-state index contributed by atoms with van der Waals surface area (Å²) in [5, 5.41) is 8.65. The van der Waals surface area contributed by atoms with E-state index in [4.69, 9.17) is 24.9 Å². The fourth-order valence-corrected chi connectivity index (χ4v) is 12.5. The topological polar surface area (TPSA) is 66.9 Å². The van der Waals surface area contributed by atoms with Gasteiger partial charge in [0.05, 0.1) is 39.6 Å². The van der Waals surface area contributed by atoms with Crippen LogP contribution in [-0.4, -0.2) is 15.0 Å². The van der Waals surface area contributed by atoms with Crippen LogP contribution in [0.4, 0.5) is 39.5 Å². The van der Waals surface area contributed by atoms with Gasteiger partial charge in [0.25, 0.3) is 0 Å². The van der Waals surface area contributed by atoms with E-state index in [0.717, 1.165) is 79.5 Å². The second-order valence-electron chi connectivity index (χ2n) is 21.6. The van der Waals surface area contributed by atoms with Gasteiger partial charge in [0.15, 0.2) is 0 Å². The first-order valence-electron chi connectivity index (χ1n) is 27.3. The largest absolute Gasteiger partial charge is 2.00 e. The minimum atomic E-state index is -4.72. The summed E-state index contributed by atoms with van der Waals surface area (Å²) in [5.74, 6) is 0.205. The number of rotatable bonds is 3. The Balaban J connectivity index is 0.00000638. The fraction of sp³-hybridized carbons (Fsp3) is 0.0417. The predicted octanol–water partition coefficient (Wildman–Crippen LogP) is 20.6. The van der Waals surface area contributed by atoms with E-state index in [-0.39, 0.29) is 54.9 Å². The molecule has 2 aliphatic rings. The molecule has 14 aromatic rings. The molecule has 0 radical (unpaired) electrons. The smallest absolute Gasteiger partial charge is 0.656 e. The predicted molar refractivity (Wildman–Crippen MR) is 322 cm³/mol. The van der Waals surface area contributed by atoms with Crippen LogP contribution in [0, 0.1) is 0 Å². The van der Waals surface area contributed by atoms with Gasteiger partial charge in [-0.1, -0.05) is 133 Å². The van der Waals surface area contributed by atoms with Crippen LogP contribution in [0.25, 0.3) is 165 Å². The van der Waals surface area contributed by atoms with Gasteiger partial charge < -0.3 is 15.0 Å². The first kappa shape index (κ1) is 53.8. The molecule has 0 saturated heterocycles. The minimum Gasteiger partial charge on any atom is -0.656 e. The SMILES string of the molecule is FC(F)(F)c1ccc(-c2c3nc(c(-c4ccc(C(F)(F)F)cc4)c4[n-]c(c(-c5ccc(C(F)(F)F)cc5)c5nc(nc6[n-]c2c2cc7ccccc7cc62)-c2cc6ccccc6cc2-5)c2cc5ccccc5cc42)-c2cc4ccccc4cc2-3)cc1.[Pt+2]. The zero-order valence-electron chi connectivity index (χ0n) is 44.7. The summed E-state index contributed by atoms with van der Waals surface area (Å²) in [4.78, 5) is 27.6. The van der Waals surface area contributed by atoms with Gasteiger partial charge in [0, 0.05) is 27.8 Å². The van der Waals surface area contributed by atoms with Gasteiger partial charge in [0.1, 0.15) is 0 Å². The van der Waals surface area contributed by atoms with Crippen molar-refractivity contribution in [3.8, 4) is 78.5 Å². The Morgan fingerprint density at radius 2 is 0.552 bits per heavy atom. The van der Waals surface area contributed by atoms with Gasteiger partial charge >= 0.3 is 39.6 Å². The normalized spacial score (nSPS) is 12.6. The van der Waals surface area contributed by atoms with Crippen molar-refractivity contribution >= 4 is 86.8 Å². The van der Waals surface area contributed by atoms with Crippen LogP contribution in [0.5, 0.6) is 0 Å². The van der Waals surface area contributed by atoms with Gasteiger partial charge in [-0.2, -0.15) is 39.5 Å². The van der Waals surface area contributed by atoms with Crippen LogP contribution in [-0.2, 0) is 39.6 Å². The van der Waals surface area contributed by atoms with E-state index >= 15 is 0 Å². The van der Waals surface area contributed by atoms with Crippen LogP contribution < -0.4 is 9.97 Å². The Morgan fingerprint density at radius 1 is 0.276 bits per heavy atom. The molecule has 0 spiro atoms. The van der Waals surface area contributed by atoms with Crippen LogP contribution in [0.15, 0.2) is 218 Å². The van der Waals surface area contributed by atoms with E-state index in [1.54, 1.807) is 0 Å². The number of halogens is 9. The molecule has 422 valence electrons. The number of alkyl halides is 9. The Hall–Kier alpha value is -9.91. The molecular weight excluding hydrogens is 1300 g/mol. The summed E-state index contributed by atoms with van der Waals surface area (Å²) in [6.07, 6.45) is -14.1. The molecule has 0 saturated carbocycles. The van der Waals surface area contributed by atoms with Crippen molar-refractivity contribution in [2.75, 3.05) is 0 Å². The summed E-state index contributed by atoms with van der Waals surface area (Å²) in [6.45, 7) is 0. The average molecular weight is 1340 g/mol. The standard InChI is InChI=1S/C72H36F9N5.Pt/c73-70(74,75)48-23-17-37(18-24-48)59-62-51-29-40-9-1-3-11-42(40)31-53(51)64(82-62)60(38-19-25-49(26-20-38)71(76,77)78)66-55-33-44-13-5-7-15-46(44)35-57(55)68(84-66)86-69-58-36-47-16-8-6-14-45(47)34-56(58)67(85-69)61(39-21-27-50(28-22-39)72(79,80)81)65-54-32-43-12-4-2-10-41(43)30-52(54)63(59)83-65;/h1-36H;/q-2;+2. The maximum atomic E-state index is 14.7. The summed E-state index contributed by atoms with van der Waals surface area (Å²) in [7, 11) is 0. The molecule has 0 fully saturated rings. The third-order valence-electron chi connectivity index (χ3n) is 16.6. The van der Waals surface area contributed by atoms with Gasteiger partial charge in [-0.15, -0.1) is 11.0 Å². The zero-order chi connectivity index (χ0) is 58.5. The number of hydrogen-bond acceptors (Lipinski definition) is 3.